The molecule has 0 aromatic heterocycles. The number of nitro groups is 1. The Balaban J connectivity index is 0.00000288. The van der Waals surface area contributed by atoms with Gasteiger partial charge in [-0.1, -0.05) is 11.2 Å². The monoisotopic (exact) mass is 447 g/mol. The van der Waals surface area contributed by atoms with E-state index in [9.17, 15) is 10.1 Å². The van der Waals surface area contributed by atoms with Crippen LogP contribution >= 0.6 is 0 Å². The summed E-state index contributed by atoms with van der Waals surface area (Å²) in [6.45, 7) is 4.34. The molecule has 1 aliphatic heterocycles. The molecule has 8 heteroatoms. The van der Waals surface area contributed by atoms with Crippen LogP contribution in [0.2, 0.25) is 0 Å². The third kappa shape index (κ3) is 6.17. The number of likely N-dealkylation sites (N-methyl/N-ethyl adjacent to an activating group) is 1. The van der Waals surface area contributed by atoms with Crippen LogP contribution in [0.4, 0.5) is 5.69 Å². The molecule has 0 bridgehead atoms. The van der Waals surface area contributed by atoms with E-state index in [0.717, 1.165) is 42.9 Å². The van der Waals surface area contributed by atoms with E-state index in [2.05, 4.69) is 12.2 Å². The molecule has 0 spiro atoms. The number of halogens is 1. The highest BCUT2D eigenvalue weighted by Crippen LogP contribution is 2.14. The van der Waals surface area contributed by atoms with Gasteiger partial charge in [0.25, 0.3) is 5.69 Å². The van der Waals surface area contributed by atoms with E-state index >= 15 is 0 Å². The Morgan fingerprint density at radius 2 is 2.00 bits per heavy atom. The second-order valence-electron chi connectivity index (χ2n) is 5.93. The Morgan fingerprint density at radius 3 is 2.54 bits per heavy atom. The van der Waals surface area contributed by atoms with Gasteiger partial charge < -0.3 is 38.4 Å². The lowest BCUT2D eigenvalue weighted by Crippen LogP contribution is -3.00. The average Bonchev–Trinajstić information content (AvgIpc) is 2.56. The number of ether oxygens (including phenoxy) is 1. The zero-order valence-electron chi connectivity index (χ0n) is 13.6. The fourth-order valence-corrected chi connectivity index (χ4v) is 2.46. The van der Waals surface area contributed by atoms with Crippen molar-refractivity contribution in [3.63, 3.8) is 0 Å². The maximum atomic E-state index is 10.6. The predicted molar refractivity (Wildman–Crippen MR) is 87.6 cm³/mol. The minimum absolute atomic E-state index is 0. The number of benzene rings is 1. The van der Waals surface area contributed by atoms with Gasteiger partial charge in [-0.3, -0.25) is 10.1 Å². The second-order valence-corrected chi connectivity index (χ2v) is 5.93. The highest BCUT2D eigenvalue weighted by atomic mass is 127. The number of hydrogen-bond acceptors (Lipinski definition) is 5. The van der Waals surface area contributed by atoms with E-state index in [4.69, 9.17) is 9.94 Å². The lowest BCUT2D eigenvalue weighted by Gasteiger charge is -2.37. The van der Waals surface area contributed by atoms with Crippen LogP contribution < -0.4 is 24.0 Å². The van der Waals surface area contributed by atoms with E-state index in [-0.39, 0.29) is 29.7 Å². The molecule has 0 unspecified atom stereocenters. The molecule has 0 amide bonds. The highest BCUT2D eigenvalue weighted by Gasteiger charge is 2.25. The first-order chi connectivity index (χ1) is 11.0. The number of morpholine rings is 1. The fourth-order valence-electron chi connectivity index (χ4n) is 2.46. The van der Waals surface area contributed by atoms with Gasteiger partial charge in [0.1, 0.15) is 13.1 Å². The predicted octanol–water partition coefficient (Wildman–Crippen LogP) is -0.691. The first-order valence-electron chi connectivity index (χ1n) is 7.57. The number of allylic oxidation sites excluding steroid dienone is 1. The van der Waals surface area contributed by atoms with Crippen molar-refractivity contribution in [2.75, 3.05) is 39.9 Å². The molecule has 132 valence electrons. The van der Waals surface area contributed by atoms with E-state index in [1.807, 2.05) is 0 Å². The minimum Gasteiger partial charge on any atom is -1.00 e. The first kappa shape index (κ1) is 20.5. The van der Waals surface area contributed by atoms with Gasteiger partial charge in [0, 0.05) is 18.6 Å². The van der Waals surface area contributed by atoms with Crippen LogP contribution in [0.25, 0.3) is 6.08 Å². The zero-order chi connectivity index (χ0) is 16.7. The molecular weight excluding hydrogens is 425 g/mol. The van der Waals surface area contributed by atoms with Crippen molar-refractivity contribution in [3.8, 4) is 0 Å². The number of hydrogen-bond donors (Lipinski definition) is 1. The van der Waals surface area contributed by atoms with Gasteiger partial charge in [0.15, 0.2) is 0 Å². The van der Waals surface area contributed by atoms with Crippen LogP contribution in [-0.2, 0) is 4.74 Å². The second kappa shape index (κ2) is 9.70. The normalized spacial score (nSPS) is 17.5. The SMILES string of the molecule is C[N+]1(CCC(C=Cc2ccc([N+](=O)[O-])cc2)=NO)CCOCC1.[I-]. The molecule has 0 aliphatic carbocycles. The maximum Gasteiger partial charge on any atom is 0.269 e. The van der Waals surface area contributed by atoms with Crippen molar-refractivity contribution in [1.29, 1.82) is 0 Å². The Bertz CT molecular complexity index is 596. The molecule has 1 N–H and O–H groups in total. The first-order valence-corrected chi connectivity index (χ1v) is 7.57. The van der Waals surface area contributed by atoms with Crippen LogP contribution in [-0.4, -0.2) is 60.2 Å². The summed E-state index contributed by atoms with van der Waals surface area (Å²) in [7, 11) is 2.18. The van der Waals surface area contributed by atoms with E-state index in [1.165, 1.54) is 12.1 Å². The number of oxime groups is 1. The molecule has 1 fully saturated rings. The largest absolute Gasteiger partial charge is 1.00 e. The summed E-state index contributed by atoms with van der Waals surface area (Å²) >= 11 is 0. The standard InChI is InChI=1S/C16H21N3O4.HI/c1-19(10-12-23-13-11-19)9-8-15(17-20)5-2-14-3-6-16(7-4-14)18(21)22;/h2-7H,8-13H2,1H3;1H. The number of nitro benzene ring substituents is 1. The molecule has 2 rings (SSSR count). The van der Waals surface area contributed by atoms with Crippen LogP contribution in [0.3, 0.4) is 0 Å². The van der Waals surface area contributed by atoms with Gasteiger partial charge in [-0.15, -0.1) is 0 Å². The number of quaternary nitrogens is 1. The lowest BCUT2D eigenvalue weighted by atomic mass is 10.1. The number of rotatable bonds is 6. The molecule has 1 aromatic carbocycles. The Hall–Kier alpha value is -1.52. The molecule has 0 radical (unpaired) electrons. The summed E-state index contributed by atoms with van der Waals surface area (Å²) < 4.78 is 6.28. The average molecular weight is 447 g/mol. The third-order valence-corrected chi connectivity index (χ3v) is 4.16. The van der Waals surface area contributed by atoms with E-state index < -0.39 is 4.92 Å². The van der Waals surface area contributed by atoms with Gasteiger partial charge in [0.2, 0.25) is 0 Å². The van der Waals surface area contributed by atoms with Gasteiger partial charge in [-0.2, -0.15) is 0 Å². The van der Waals surface area contributed by atoms with Crippen molar-refractivity contribution in [1.82, 2.24) is 0 Å². The molecule has 0 atom stereocenters. The summed E-state index contributed by atoms with van der Waals surface area (Å²) in [5.74, 6) is 0. The summed E-state index contributed by atoms with van der Waals surface area (Å²) in [6.07, 6.45) is 4.20. The smallest absolute Gasteiger partial charge is 0.269 e. The van der Waals surface area contributed by atoms with Gasteiger partial charge in [-0.25, -0.2) is 0 Å². The van der Waals surface area contributed by atoms with Crippen molar-refractivity contribution in [2.45, 2.75) is 6.42 Å². The Morgan fingerprint density at radius 1 is 1.38 bits per heavy atom. The van der Waals surface area contributed by atoms with Gasteiger partial charge in [-0.05, 0) is 23.8 Å². The molecule has 1 aliphatic rings. The molecule has 1 heterocycles. The van der Waals surface area contributed by atoms with Crippen molar-refractivity contribution < 1.29 is 43.3 Å². The minimum atomic E-state index is -0.430. The van der Waals surface area contributed by atoms with Crippen molar-refractivity contribution in [3.05, 3.63) is 46.0 Å². The van der Waals surface area contributed by atoms with E-state index in [0.29, 0.717) is 12.1 Å². The summed E-state index contributed by atoms with van der Waals surface area (Å²) in [5.41, 5.74) is 1.47. The Kier molecular flexibility index (Phi) is 8.29. The van der Waals surface area contributed by atoms with Crippen LogP contribution in [0.1, 0.15) is 12.0 Å². The molecular formula is C16H22IN3O4. The molecule has 24 heavy (non-hydrogen) atoms. The lowest BCUT2D eigenvalue weighted by molar-refractivity contribution is -0.916. The van der Waals surface area contributed by atoms with Gasteiger partial charge >= 0.3 is 0 Å². The topological polar surface area (TPSA) is 85.0 Å². The fraction of sp³-hybridized carbons (Fsp3) is 0.438. The quantitative estimate of drug-likeness (QED) is 0.156. The highest BCUT2D eigenvalue weighted by molar-refractivity contribution is 5.97. The van der Waals surface area contributed by atoms with Crippen LogP contribution in [0.5, 0.6) is 0 Å². The molecule has 1 saturated heterocycles. The number of non-ortho nitro benzene ring substituents is 1. The zero-order valence-corrected chi connectivity index (χ0v) is 15.8. The third-order valence-electron chi connectivity index (χ3n) is 4.16. The summed E-state index contributed by atoms with van der Waals surface area (Å²) in [6, 6.07) is 6.24. The van der Waals surface area contributed by atoms with E-state index in [1.54, 1.807) is 24.3 Å². The molecule has 7 nitrogen and oxygen atoms in total. The van der Waals surface area contributed by atoms with Crippen molar-refractivity contribution in [2.24, 2.45) is 5.16 Å². The van der Waals surface area contributed by atoms with Crippen LogP contribution in [0.15, 0.2) is 35.5 Å². The van der Waals surface area contributed by atoms with Gasteiger partial charge in [0.05, 0.1) is 37.4 Å². The van der Waals surface area contributed by atoms with Crippen molar-refractivity contribution >= 4 is 17.5 Å². The van der Waals surface area contributed by atoms with Crippen LogP contribution in [0, 0.1) is 10.1 Å². The molecule has 1 aromatic rings. The molecule has 0 saturated carbocycles. The Labute approximate surface area is 158 Å². The maximum absolute atomic E-state index is 10.6. The summed E-state index contributed by atoms with van der Waals surface area (Å²) in [4.78, 5) is 10.2. The summed E-state index contributed by atoms with van der Waals surface area (Å²) in [5, 5.41) is 23.1. The number of nitrogens with zero attached hydrogens (tertiary/aromatic N) is 3.